The molecule has 0 unspecified atom stereocenters. The molecule has 1 aromatic carbocycles. The monoisotopic (exact) mass is 330 g/mol. The minimum atomic E-state index is -0.571. The van der Waals surface area contributed by atoms with E-state index in [1.807, 2.05) is 21.7 Å². The van der Waals surface area contributed by atoms with Crippen molar-refractivity contribution in [1.82, 2.24) is 9.47 Å². The van der Waals surface area contributed by atoms with Crippen molar-refractivity contribution >= 4 is 16.8 Å². The third kappa shape index (κ3) is 2.71. The number of amides is 1. The van der Waals surface area contributed by atoms with Crippen molar-refractivity contribution < 1.29 is 14.3 Å². The van der Waals surface area contributed by atoms with E-state index >= 15 is 0 Å². The van der Waals surface area contributed by atoms with E-state index in [0.29, 0.717) is 19.5 Å². The topological polar surface area (TPSA) is 45.5 Å². The molecule has 2 aromatic rings. The van der Waals surface area contributed by atoms with Crippen LogP contribution in [0, 0.1) is 11.7 Å². The van der Waals surface area contributed by atoms with Gasteiger partial charge in [-0.3, -0.25) is 4.79 Å². The van der Waals surface area contributed by atoms with Gasteiger partial charge in [0.25, 0.3) is 0 Å². The van der Waals surface area contributed by atoms with Crippen molar-refractivity contribution in [2.45, 2.75) is 44.2 Å². The Hall–Kier alpha value is -1.88. The number of halogens is 1. The van der Waals surface area contributed by atoms with Crippen LogP contribution in [0.3, 0.4) is 0 Å². The molecule has 0 bridgehead atoms. The van der Waals surface area contributed by atoms with Crippen LogP contribution in [0.2, 0.25) is 0 Å². The van der Waals surface area contributed by atoms with Crippen LogP contribution < -0.4 is 0 Å². The average Bonchev–Trinajstić information content (AvgIpc) is 2.96. The fraction of sp³-hybridized carbons (Fsp3) is 0.526. The number of piperidine rings is 1. The summed E-state index contributed by atoms with van der Waals surface area (Å²) in [5.41, 5.74) is 0.174. The highest BCUT2D eigenvalue weighted by Crippen LogP contribution is 2.39. The van der Waals surface area contributed by atoms with Gasteiger partial charge < -0.3 is 14.6 Å². The summed E-state index contributed by atoms with van der Waals surface area (Å²) in [6, 6.07) is 6.54. The number of hydrogen-bond acceptors (Lipinski definition) is 2. The first-order valence-electron chi connectivity index (χ1n) is 8.80. The highest BCUT2D eigenvalue weighted by Gasteiger charge is 2.43. The maximum atomic E-state index is 13.5. The van der Waals surface area contributed by atoms with Crippen molar-refractivity contribution in [3.8, 4) is 0 Å². The molecule has 1 aliphatic carbocycles. The second kappa shape index (κ2) is 5.88. The number of hydrogen-bond donors (Lipinski definition) is 1. The van der Waals surface area contributed by atoms with Crippen LogP contribution in [-0.4, -0.2) is 39.2 Å². The quantitative estimate of drug-likeness (QED) is 0.920. The van der Waals surface area contributed by atoms with E-state index in [9.17, 15) is 14.3 Å². The first kappa shape index (κ1) is 15.6. The van der Waals surface area contributed by atoms with Gasteiger partial charge in [0.15, 0.2) is 0 Å². The SMILES string of the molecule is O=C(Cn1ccc2ccc(F)cc21)N1CC[C@@]2(O)CCCC[C@H]2C1. The fourth-order valence-corrected chi connectivity index (χ4v) is 4.34. The van der Waals surface area contributed by atoms with E-state index in [0.717, 1.165) is 36.6 Å². The lowest BCUT2D eigenvalue weighted by Crippen LogP contribution is -2.55. The molecule has 5 heteroatoms. The number of fused-ring (bicyclic) bond motifs is 2. The maximum absolute atomic E-state index is 13.5. The van der Waals surface area contributed by atoms with Crippen molar-refractivity contribution in [1.29, 1.82) is 0 Å². The molecule has 4 nitrogen and oxygen atoms in total. The van der Waals surface area contributed by atoms with Gasteiger partial charge >= 0.3 is 0 Å². The molecule has 1 saturated heterocycles. The number of likely N-dealkylation sites (tertiary alicyclic amines) is 1. The van der Waals surface area contributed by atoms with E-state index in [1.165, 1.54) is 12.1 Å². The summed E-state index contributed by atoms with van der Waals surface area (Å²) >= 11 is 0. The lowest BCUT2D eigenvalue weighted by Gasteiger charge is -2.47. The van der Waals surface area contributed by atoms with Crippen LogP contribution in [0.15, 0.2) is 30.5 Å². The van der Waals surface area contributed by atoms with Crippen LogP contribution in [0.25, 0.3) is 10.9 Å². The van der Waals surface area contributed by atoms with Gasteiger partial charge in [-0.1, -0.05) is 12.8 Å². The number of carbonyl (C=O) groups is 1. The summed E-state index contributed by atoms with van der Waals surface area (Å²) in [6.45, 7) is 1.47. The number of aromatic nitrogens is 1. The molecule has 2 fully saturated rings. The zero-order valence-corrected chi connectivity index (χ0v) is 13.7. The summed E-state index contributed by atoms with van der Waals surface area (Å²) in [7, 11) is 0. The summed E-state index contributed by atoms with van der Waals surface area (Å²) < 4.78 is 15.3. The second-order valence-electron chi connectivity index (χ2n) is 7.28. The zero-order chi connectivity index (χ0) is 16.7. The number of nitrogens with zero attached hydrogens (tertiary/aromatic N) is 2. The Morgan fingerprint density at radius 3 is 3.04 bits per heavy atom. The van der Waals surface area contributed by atoms with E-state index in [4.69, 9.17) is 0 Å². The molecule has 0 radical (unpaired) electrons. The van der Waals surface area contributed by atoms with Crippen LogP contribution in [0.1, 0.15) is 32.1 Å². The van der Waals surface area contributed by atoms with Gasteiger partial charge in [-0.15, -0.1) is 0 Å². The Labute approximate surface area is 140 Å². The van der Waals surface area contributed by atoms with Gasteiger partial charge in [0, 0.05) is 25.2 Å². The standard InChI is InChI=1S/C19H23FN2O2/c20-16-5-4-14-6-9-21(17(14)11-16)13-18(23)22-10-8-19(24)7-2-1-3-15(19)12-22/h4-6,9,11,15,24H,1-3,7-8,10,12-13H2/t15-,19-/m0/s1. The van der Waals surface area contributed by atoms with Crippen molar-refractivity contribution in [2.75, 3.05) is 13.1 Å². The Bertz CT molecular complexity index is 772. The fourth-order valence-electron chi connectivity index (χ4n) is 4.34. The van der Waals surface area contributed by atoms with Crippen molar-refractivity contribution in [3.05, 3.63) is 36.3 Å². The predicted molar refractivity (Wildman–Crippen MR) is 90.0 cm³/mol. The van der Waals surface area contributed by atoms with Crippen LogP contribution in [0.4, 0.5) is 4.39 Å². The molecule has 2 atom stereocenters. The van der Waals surface area contributed by atoms with Gasteiger partial charge in [0.05, 0.1) is 11.1 Å². The zero-order valence-electron chi connectivity index (χ0n) is 13.7. The molecule has 0 spiro atoms. The number of aliphatic hydroxyl groups is 1. The van der Waals surface area contributed by atoms with Gasteiger partial charge in [0.2, 0.25) is 5.91 Å². The summed E-state index contributed by atoms with van der Waals surface area (Å²) in [5, 5.41) is 11.7. The van der Waals surface area contributed by atoms with Gasteiger partial charge in [-0.25, -0.2) is 4.39 Å². The largest absolute Gasteiger partial charge is 0.389 e. The average molecular weight is 330 g/mol. The first-order chi connectivity index (χ1) is 11.5. The van der Waals surface area contributed by atoms with Gasteiger partial charge in [0.1, 0.15) is 12.4 Å². The van der Waals surface area contributed by atoms with E-state index in [-0.39, 0.29) is 24.2 Å². The van der Waals surface area contributed by atoms with Crippen LogP contribution in [0.5, 0.6) is 0 Å². The first-order valence-corrected chi connectivity index (χ1v) is 8.80. The number of rotatable bonds is 2. The molecule has 2 heterocycles. The third-order valence-electron chi connectivity index (χ3n) is 5.82. The Morgan fingerprint density at radius 2 is 2.17 bits per heavy atom. The number of benzene rings is 1. The Balaban J connectivity index is 1.49. The predicted octanol–water partition coefficient (Wildman–Crippen LogP) is 2.93. The van der Waals surface area contributed by atoms with Crippen LogP contribution >= 0.6 is 0 Å². The molecule has 2 aliphatic rings. The third-order valence-corrected chi connectivity index (χ3v) is 5.82. The van der Waals surface area contributed by atoms with E-state index < -0.39 is 5.60 Å². The summed E-state index contributed by atoms with van der Waals surface area (Å²) in [4.78, 5) is 14.6. The van der Waals surface area contributed by atoms with Crippen molar-refractivity contribution in [3.63, 3.8) is 0 Å². The molecule has 1 saturated carbocycles. The Morgan fingerprint density at radius 1 is 1.29 bits per heavy atom. The van der Waals surface area contributed by atoms with Crippen LogP contribution in [-0.2, 0) is 11.3 Å². The second-order valence-corrected chi connectivity index (χ2v) is 7.28. The van der Waals surface area contributed by atoms with Gasteiger partial charge in [-0.2, -0.15) is 0 Å². The molecule has 1 amide bonds. The number of carbonyl (C=O) groups excluding carboxylic acids is 1. The Kier molecular flexibility index (Phi) is 3.83. The molecule has 128 valence electrons. The lowest BCUT2D eigenvalue weighted by atomic mass is 9.71. The normalized spacial score (nSPS) is 27.2. The van der Waals surface area contributed by atoms with E-state index in [1.54, 1.807) is 6.07 Å². The summed E-state index contributed by atoms with van der Waals surface area (Å²) in [5.74, 6) is -0.0488. The smallest absolute Gasteiger partial charge is 0.242 e. The lowest BCUT2D eigenvalue weighted by molar-refractivity contribution is -0.143. The molecular formula is C19H23FN2O2. The summed E-state index contributed by atoms with van der Waals surface area (Å²) in [6.07, 6.45) is 6.59. The highest BCUT2D eigenvalue weighted by atomic mass is 19.1. The molecule has 1 aliphatic heterocycles. The minimum absolute atomic E-state index is 0.0457. The minimum Gasteiger partial charge on any atom is -0.389 e. The molecular weight excluding hydrogens is 307 g/mol. The molecule has 1 aromatic heterocycles. The molecule has 4 rings (SSSR count). The maximum Gasteiger partial charge on any atom is 0.242 e. The van der Waals surface area contributed by atoms with Gasteiger partial charge in [-0.05, 0) is 48.9 Å². The highest BCUT2D eigenvalue weighted by molar-refractivity contribution is 5.83. The molecule has 1 N–H and O–H groups in total. The van der Waals surface area contributed by atoms with Crippen molar-refractivity contribution in [2.24, 2.45) is 5.92 Å². The molecule has 24 heavy (non-hydrogen) atoms. The van der Waals surface area contributed by atoms with E-state index in [2.05, 4.69) is 0 Å².